The van der Waals surface area contributed by atoms with Gasteiger partial charge in [-0.15, -0.1) is 0 Å². The molecule has 0 bridgehead atoms. The number of carboxylic acids is 1. The van der Waals surface area contributed by atoms with Crippen molar-refractivity contribution in [2.75, 3.05) is 19.6 Å². The van der Waals surface area contributed by atoms with Gasteiger partial charge in [-0.1, -0.05) is 27.7 Å². The van der Waals surface area contributed by atoms with Gasteiger partial charge < -0.3 is 59.7 Å². The van der Waals surface area contributed by atoms with Crippen LogP contribution in [0.3, 0.4) is 0 Å². The number of hydrogen-bond acceptors (Lipinski definition) is 11. The van der Waals surface area contributed by atoms with E-state index in [1.807, 2.05) is 27.7 Å². The van der Waals surface area contributed by atoms with Crippen LogP contribution >= 0.6 is 0 Å². The molecular weight excluding hydrogens is 602 g/mol. The van der Waals surface area contributed by atoms with Gasteiger partial charge in [-0.05, 0) is 76.9 Å². The molecule has 0 rings (SSSR count). The molecule has 0 heterocycles. The molecule has 266 valence electrons. The molecule has 17 nitrogen and oxygen atoms in total. The summed E-state index contributed by atoms with van der Waals surface area (Å²) >= 11 is 0. The second kappa shape index (κ2) is 22.2. The maximum atomic E-state index is 13.5. The first-order valence-electron chi connectivity index (χ1n) is 15.8. The van der Waals surface area contributed by atoms with Crippen LogP contribution in [0.15, 0.2) is 0 Å². The van der Waals surface area contributed by atoms with Gasteiger partial charge in [0.2, 0.25) is 29.5 Å². The van der Waals surface area contributed by atoms with E-state index in [1.165, 1.54) is 6.92 Å². The van der Waals surface area contributed by atoms with Crippen molar-refractivity contribution in [3.63, 3.8) is 0 Å². The minimum absolute atomic E-state index is 0.0348. The number of nitrogens with one attached hydrogen (secondary N) is 5. The van der Waals surface area contributed by atoms with Crippen molar-refractivity contribution in [3.8, 4) is 0 Å². The third-order valence-corrected chi connectivity index (χ3v) is 6.96. The zero-order valence-corrected chi connectivity index (χ0v) is 27.7. The first-order valence-corrected chi connectivity index (χ1v) is 15.8. The van der Waals surface area contributed by atoms with Crippen molar-refractivity contribution in [2.45, 2.75) is 115 Å². The Labute approximate surface area is 271 Å². The molecule has 46 heavy (non-hydrogen) atoms. The molecule has 0 aliphatic rings. The van der Waals surface area contributed by atoms with Crippen molar-refractivity contribution >= 4 is 35.5 Å². The van der Waals surface area contributed by atoms with Crippen molar-refractivity contribution in [1.82, 2.24) is 26.6 Å². The summed E-state index contributed by atoms with van der Waals surface area (Å²) in [4.78, 5) is 77.1. The lowest BCUT2D eigenvalue weighted by atomic mass is 9.99. The number of aliphatic hydroxyl groups is 1. The predicted molar refractivity (Wildman–Crippen MR) is 171 cm³/mol. The molecule has 0 spiro atoms. The van der Waals surface area contributed by atoms with Crippen LogP contribution in [0, 0.1) is 11.8 Å². The van der Waals surface area contributed by atoms with E-state index in [2.05, 4.69) is 26.6 Å². The number of carbonyl (C=O) groups is 6. The van der Waals surface area contributed by atoms with Crippen molar-refractivity contribution in [3.05, 3.63) is 0 Å². The van der Waals surface area contributed by atoms with Crippen molar-refractivity contribution in [1.29, 1.82) is 0 Å². The van der Waals surface area contributed by atoms with E-state index in [4.69, 9.17) is 22.9 Å². The highest BCUT2D eigenvalue weighted by molar-refractivity contribution is 5.96. The topological polar surface area (TPSA) is 307 Å². The molecule has 0 saturated heterocycles. The number of carbonyl (C=O) groups excluding carboxylic acids is 5. The predicted octanol–water partition coefficient (Wildman–Crippen LogP) is -3.27. The molecule has 0 aliphatic heterocycles. The maximum Gasteiger partial charge on any atom is 0.328 e. The summed E-state index contributed by atoms with van der Waals surface area (Å²) in [6.07, 6.45) is -0.184. The number of nitrogens with two attached hydrogens (primary N) is 4. The van der Waals surface area contributed by atoms with Gasteiger partial charge in [0.25, 0.3) is 0 Å². The molecule has 0 aromatic rings. The molecule has 0 saturated carbocycles. The first-order chi connectivity index (χ1) is 21.5. The summed E-state index contributed by atoms with van der Waals surface area (Å²) in [7, 11) is 0. The number of amides is 5. The van der Waals surface area contributed by atoms with Gasteiger partial charge in [0.15, 0.2) is 6.04 Å². The number of carboxylic acid groups (broad SMARTS) is 1. The Kier molecular flexibility index (Phi) is 20.6. The van der Waals surface area contributed by atoms with E-state index in [9.17, 15) is 39.0 Å². The average Bonchev–Trinajstić information content (AvgIpc) is 2.96. The van der Waals surface area contributed by atoms with Crippen LogP contribution in [0.1, 0.15) is 73.1 Å². The second-order valence-electron chi connectivity index (χ2n) is 12.3. The molecule has 0 aromatic heterocycles. The standard InChI is InChI=1S/C29H57N9O8/c1-15(2)13-21(27(43)35-20(9-12-32)26(42)38-23(17(5)39)29(45)46)37-28(44)22(14-16(3)4)36-25(41)19(8-11-31)34-24(40)18(33)7-6-10-30/h15-23,39H,6-14,30-33H2,1-5H3,(H,34,40)(H,35,43)(H,36,41)(H,37,44)(H,38,42)(H,45,46)/t17-,18+,19+,20+,21+,22-,23+/m1/s1. The summed E-state index contributed by atoms with van der Waals surface area (Å²) in [5.41, 5.74) is 22.7. The third kappa shape index (κ3) is 16.3. The zero-order chi connectivity index (χ0) is 35.6. The van der Waals surface area contributed by atoms with Crippen molar-refractivity contribution in [2.24, 2.45) is 34.8 Å². The lowest BCUT2D eigenvalue weighted by Gasteiger charge is -2.28. The van der Waals surface area contributed by atoms with Crippen LogP contribution in [0.25, 0.3) is 0 Å². The van der Waals surface area contributed by atoms with E-state index < -0.39 is 77.9 Å². The van der Waals surface area contributed by atoms with E-state index in [1.54, 1.807) is 0 Å². The number of rotatable bonds is 23. The van der Waals surface area contributed by atoms with Gasteiger partial charge in [-0.3, -0.25) is 24.0 Å². The Morgan fingerprint density at radius 1 is 0.565 bits per heavy atom. The Morgan fingerprint density at radius 3 is 1.28 bits per heavy atom. The van der Waals surface area contributed by atoms with Crippen LogP contribution in [-0.2, 0) is 28.8 Å². The fraction of sp³-hybridized carbons (Fsp3) is 0.793. The Hall–Kier alpha value is -3.38. The van der Waals surface area contributed by atoms with Crippen LogP contribution in [0.2, 0.25) is 0 Å². The van der Waals surface area contributed by atoms with Crippen LogP contribution in [0.5, 0.6) is 0 Å². The molecule has 7 atom stereocenters. The van der Waals surface area contributed by atoms with Crippen LogP contribution in [-0.4, -0.2) is 108 Å². The van der Waals surface area contributed by atoms with Gasteiger partial charge in [0.05, 0.1) is 12.1 Å². The summed E-state index contributed by atoms with van der Waals surface area (Å²) in [5.74, 6) is -5.09. The number of aliphatic carboxylic acids is 1. The van der Waals surface area contributed by atoms with Gasteiger partial charge in [0, 0.05) is 0 Å². The molecule has 15 N–H and O–H groups in total. The molecule has 0 aromatic carbocycles. The van der Waals surface area contributed by atoms with Gasteiger partial charge in [-0.25, -0.2) is 4.79 Å². The van der Waals surface area contributed by atoms with E-state index in [0.717, 1.165) is 0 Å². The van der Waals surface area contributed by atoms with Crippen molar-refractivity contribution < 1.29 is 39.0 Å². The zero-order valence-electron chi connectivity index (χ0n) is 27.7. The maximum absolute atomic E-state index is 13.5. The lowest BCUT2D eigenvalue weighted by Crippen LogP contribution is -2.60. The Morgan fingerprint density at radius 2 is 0.935 bits per heavy atom. The number of aliphatic hydroxyl groups excluding tert-OH is 1. The summed E-state index contributed by atoms with van der Waals surface area (Å²) in [5, 5.41) is 31.7. The van der Waals surface area contributed by atoms with Gasteiger partial charge in [-0.2, -0.15) is 0 Å². The summed E-state index contributed by atoms with van der Waals surface area (Å²) < 4.78 is 0. The van der Waals surface area contributed by atoms with E-state index in [-0.39, 0.29) is 50.6 Å². The normalized spacial score (nSPS) is 15.9. The van der Waals surface area contributed by atoms with Crippen LogP contribution in [0.4, 0.5) is 0 Å². The van der Waals surface area contributed by atoms with Gasteiger partial charge >= 0.3 is 5.97 Å². The third-order valence-electron chi connectivity index (χ3n) is 6.96. The van der Waals surface area contributed by atoms with E-state index >= 15 is 0 Å². The fourth-order valence-electron chi connectivity index (χ4n) is 4.48. The average molecular weight is 660 g/mol. The fourth-order valence-corrected chi connectivity index (χ4v) is 4.48. The van der Waals surface area contributed by atoms with Crippen LogP contribution < -0.4 is 49.5 Å². The smallest absolute Gasteiger partial charge is 0.328 e. The number of hydrogen-bond donors (Lipinski definition) is 11. The largest absolute Gasteiger partial charge is 0.480 e. The quantitative estimate of drug-likeness (QED) is 0.0515. The summed E-state index contributed by atoms with van der Waals surface area (Å²) in [6, 6.07) is -7.05. The minimum Gasteiger partial charge on any atom is -0.480 e. The highest BCUT2D eigenvalue weighted by Gasteiger charge is 2.33. The van der Waals surface area contributed by atoms with E-state index in [0.29, 0.717) is 19.4 Å². The Balaban J connectivity index is 5.93. The molecule has 0 fully saturated rings. The molecule has 5 amide bonds. The minimum atomic E-state index is -1.62. The monoisotopic (exact) mass is 659 g/mol. The second-order valence-corrected chi connectivity index (χ2v) is 12.3. The highest BCUT2D eigenvalue weighted by Crippen LogP contribution is 2.11. The highest BCUT2D eigenvalue weighted by atomic mass is 16.4. The molecule has 17 heteroatoms. The molecular formula is C29H57N9O8. The molecule has 0 aliphatic carbocycles. The Bertz CT molecular complexity index is 996. The molecule has 0 radical (unpaired) electrons. The van der Waals surface area contributed by atoms with Gasteiger partial charge in [0.1, 0.15) is 24.2 Å². The molecule has 0 unspecified atom stereocenters. The lowest BCUT2D eigenvalue weighted by molar-refractivity contribution is -0.145. The first kappa shape index (κ1) is 42.6. The summed E-state index contributed by atoms with van der Waals surface area (Å²) in [6.45, 7) is 8.90. The SMILES string of the molecule is CC(C)C[C@H](NC(=O)[C@@H](CC(C)C)NC(=O)[C@H](CCN)NC(=O)[C@@H](N)CCCN)C(=O)N[C@@H](CCN)C(=O)N[C@H](C(=O)O)[C@@H](C)O.